The van der Waals surface area contributed by atoms with Crippen LogP contribution in [0.5, 0.6) is 0 Å². The highest BCUT2D eigenvalue weighted by Crippen LogP contribution is 2.25. The van der Waals surface area contributed by atoms with Crippen molar-refractivity contribution in [1.82, 2.24) is 9.97 Å². The van der Waals surface area contributed by atoms with Crippen molar-refractivity contribution in [1.29, 1.82) is 0 Å². The number of amides is 1. The molecule has 1 atom stereocenters. The van der Waals surface area contributed by atoms with Crippen molar-refractivity contribution >= 4 is 28.3 Å². The summed E-state index contributed by atoms with van der Waals surface area (Å²) >= 11 is 1.22. The minimum absolute atomic E-state index is 0.264. The molecule has 1 aromatic carbocycles. The Morgan fingerprint density at radius 3 is 2.69 bits per heavy atom. The quantitative estimate of drug-likeness (QED) is 0.694. The fraction of sp³-hybridized carbons (Fsp3) is 0.111. The maximum atomic E-state index is 13.0. The van der Waals surface area contributed by atoms with Crippen molar-refractivity contribution in [2.45, 2.75) is 13.0 Å². The largest absolute Gasteiger partial charge is 0.449 e. The average molecular weight is 371 g/mol. The zero-order valence-electron chi connectivity index (χ0n) is 13.7. The van der Waals surface area contributed by atoms with E-state index in [0.717, 1.165) is 5.56 Å². The molecule has 0 aliphatic heterocycles. The van der Waals surface area contributed by atoms with E-state index in [1.54, 1.807) is 29.6 Å². The molecule has 0 aliphatic carbocycles. The lowest BCUT2D eigenvalue weighted by atomic mass is 10.2. The molecule has 0 radical (unpaired) electrons. The van der Waals surface area contributed by atoms with Gasteiger partial charge in [0.25, 0.3) is 5.91 Å². The molecule has 6 nitrogen and oxygen atoms in total. The van der Waals surface area contributed by atoms with Crippen LogP contribution in [-0.4, -0.2) is 27.9 Å². The Kier molecular flexibility index (Phi) is 5.33. The van der Waals surface area contributed by atoms with E-state index in [0.29, 0.717) is 10.8 Å². The highest BCUT2D eigenvalue weighted by atomic mass is 32.1. The predicted octanol–water partition coefficient (Wildman–Crippen LogP) is 3.53. The van der Waals surface area contributed by atoms with Gasteiger partial charge in [0.1, 0.15) is 5.82 Å². The molecule has 0 saturated heterocycles. The molecule has 3 rings (SSSR count). The molecule has 1 N–H and O–H groups in total. The summed E-state index contributed by atoms with van der Waals surface area (Å²) in [5.41, 5.74) is 1.62. The number of carbonyl (C=O) groups excluding carboxylic acids is 2. The first-order valence-electron chi connectivity index (χ1n) is 7.66. The summed E-state index contributed by atoms with van der Waals surface area (Å²) in [7, 11) is 0. The molecule has 8 heteroatoms. The van der Waals surface area contributed by atoms with Crippen molar-refractivity contribution in [3.05, 3.63) is 65.6 Å². The fourth-order valence-corrected chi connectivity index (χ4v) is 2.78. The molecule has 0 bridgehead atoms. The summed E-state index contributed by atoms with van der Waals surface area (Å²) in [6, 6.07) is 9.05. The van der Waals surface area contributed by atoms with Crippen LogP contribution in [0.4, 0.5) is 9.52 Å². The number of pyridine rings is 1. The Labute approximate surface area is 152 Å². The Hall–Kier alpha value is -3.13. The molecule has 1 amide bonds. The first kappa shape index (κ1) is 17.7. The molecule has 1 unspecified atom stereocenters. The van der Waals surface area contributed by atoms with Crippen LogP contribution < -0.4 is 5.32 Å². The van der Waals surface area contributed by atoms with Crippen molar-refractivity contribution in [3.8, 4) is 11.3 Å². The van der Waals surface area contributed by atoms with Crippen molar-refractivity contribution in [2.24, 2.45) is 0 Å². The second-order valence-electron chi connectivity index (χ2n) is 5.32. The maximum absolute atomic E-state index is 13.0. The van der Waals surface area contributed by atoms with E-state index in [-0.39, 0.29) is 11.4 Å². The second kappa shape index (κ2) is 7.83. The molecule has 0 aliphatic rings. The van der Waals surface area contributed by atoms with Gasteiger partial charge in [0.05, 0.1) is 11.3 Å². The number of aromatic nitrogens is 2. The van der Waals surface area contributed by atoms with Gasteiger partial charge < -0.3 is 4.74 Å². The minimum atomic E-state index is -0.999. The number of nitrogens with zero attached hydrogens (tertiary/aromatic N) is 2. The molecular weight excluding hydrogens is 357 g/mol. The van der Waals surface area contributed by atoms with Crippen molar-refractivity contribution in [2.75, 3.05) is 5.32 Å². The number of hydrogen-bond donors (Lipinski definition) is 1. The third-order valence-corrected chi connectivity index (χ3v) is 4.18. The lowest BCUT2D eigenvalue weighted by molar-refractivity contribution is -0.123. The van der Waals surface area contributed by atoms with Crippen LogP contribution in [0.25, 0.3) is 11.3 Å². The summed E-state index contributed by atoms with van der Waals surface area (Å²) in [6.45, 7) is 1.47. The number of anilines is 1. The van der Waals surface area contributed by atoms with Gasteiger partial charge >= 0.3 is 5.97 Å². The number of thiazole rings is 1. The zero-order valence-corrected chi connectivity index (χ0v) is 14.5. The number of nitrogens with one attached hydrogen (secondary N) is 1. The lowest BCUT2D eigenvalue weighted by Gasteiger charge is -2.12. The van der Waals surface area contributed by atoms with E-state index in [2.05, 4.69) is 15.3 Å². The summed E-state index contributed by atoms with van der Waals surface area (Å²) in [4.78, 5) is 32.2. The summed E-state index contributed by atoms with van der Waals surface area (Å²) in [6.07, 6.45) is 1.90. The SMILES string of the molecule is CC(OC(=O)c1cccnc1)C(=O)Nc1nc(-c2ccc(F)cc2)cs1. The molecule has 3 aromatic rings. The molecule has 0 saturated carbocycles. The van der Waals surface area contributed by atoms with Gasteiger partial charge in [-0.3, -0.25) is 15.1 Å². The number of carbonyl (C=O) groups is 2. The van der Waals surface area contributed by atoms with Crippen LogP contribution in [0.3, 0.4) is 0 Å². The summed E-state index contributed by atoms with van der Waals surface area (Å²) in [5, 5.41) is 4.71. The Bertz CT molecular complexity index is 913. The fourth-order valence-electron chi connectivity index (χ4n) is 2.06. The van der Waals surface area contributed by atoms with Crippen molar-refractivity contribution < 1.29 is 18.7 Å². The van der Waals surface area contributed by atoms with Crippen LogP contribution in [-0.2, 0) is 9.53 Å². The van der Waals surface area contributed by atoms with Gasteiger partial charge in [-0.2, -0.15) is 0 Å². The molecule has 0 spiro atoms. The maximum Gasteiger partial charge on any atom is 0.340 e. The molecule has 132 valence electrons. The molecule has 2 heterocycles. The van der Waals surface area contributed by atoms with Crippen LogP contribution >= 0.6 is 11.3 Å². The van der Waals surface area contributed by atoms with E-state index in [4.69, 9.17) is 4.74 Å². The Balaban J connectivity index is 1.61. The van der Waals surface area contributed by atoms with Gasteiger partial charge in [0.15, 0.2) is 11.2 Å². The van der Waals surface area contributed by atoms with Crippen LogP contribution in [0.2, 0.25) is 0 Å². The minimum Gasteiger partial charge on any atom is -0.449 e. The lowest BCUT2D eigenvalue weighted by Crippen LogP contribution is -2.30. The second-order valence-corrected chi connectivity index (χ2v) is 6.18. The predicted molar refractivity (Wildman–Crippen MR) is 95.3 cm³/mol. The standard InChI is InChI=1S/C18H14FN3O3S/c1-11(25-17(24)13-3-2-8-20-9-13)16(23)22-18-21-15(10-26-18)12-4-6-14(19)7-5-12/h2-11H,1H3,(H,21,22,23). The zero-order chi connectivity index (χ0) is 18.5. The molecule has 2 aromatic heterocycles. The highest BCUT2D eigenvalue weighted by Gasteiger charge is 2.20. The number of esters is 1. The molecule has 26 heavy (non-hydrogen) atoms. The first-order chi connectivity index (χ1) is 12.5. The number of halogens is 1. The van der Waals surface area contributed by atoms with Crippen molar-refractivity contribution in [3.63, 3.8) is 0 Å². The third kappa shape index (κ3) is 4.28. The Morgan fingerprint density at radius 2 is 2.00 bits per heavy atom. The number of rotatable bonds is 5. The summed E-state index contributed by atoms with van der Waals surface area (Å²) < 4.78 is 18.1. The van der Waals surface area contributed by atoms with Gasteiger partial charge in [-0.15, -0.1) is 11.3 Å². The van der Waals surface area contributed by atoms with Gasteiger partial charge in [-0.1, -0.05) is 0 Å². The summed E-state index contributed by atoms with van der Waals surface area (Å²) in [5.74, 6) is -1.46. The van der Waals surface area contributed by atoms with Crippen LogP contribution in [0, 0.1) is 5.82 Å². The van der Waals surface area contributed by atoms with Gasteiger partial charge in [0.2, 0.25) is 0 Å². The van der Waals surface area contributed by atoms with Gasteiger partial charge in [-0.05, 0) is 43.3 Å². The topological polar surface area (TPSA) is 81.2 Å². The third-order valence-electron chi connectivity index (χ3n) is 3.42. The van der Waals surface area contributed by atoms with Crippen LogP contribution in [0.1, 0.15) is 17.3 Å². The van der Waals surface area contributed by atoms with E-state index in [9.17, 15) is 14.0 Å². The number of benzene rings is 1. The molecular formula is C18H14FN3O3S. The smallest absolute Gasteiger partial charge is 0.340 e. The van der Waals surface area contributed by atoms with E-state index in [1.807, 2.05) is 0 Å². The normalized spacial score (nSPS) is 11.6. The van der Waals surface area contributed by atoms with E-state index >= 15 is 0 Å². The number of hydrogen-bond acceptors (Lipinski definition) is 6. The van der Waals surface area contributed by atoms with E-state index in [1.165, 1.54) is 42.8 Å². The first-order valence-corrected chi connectivity index (χ1v) is 8.54. The van der Waals surface area contributed by atoms with Gasteiger partial charge in [-0.25, -0.2) is 14.2 Å². The average Bonchev–Trinajstić information content (AvgIpc) is 3.11. The highest BCUT2D eigenvalue weighted by molar-refractivity contribution is 7.14. The monoisotopic (exact) mass is 371 g/mol. The van der Waals surface area contributed by atoms with Crippen LogP contribution in [0.15, 0.2) is 54.2 Å². The number of ether oxygens (including phenoxy) is 1. The Morgan fingerprint density at radius 1 is 1.23 bits per heavy atom. The molecule has 0 fully saturated rings. The van der Waals surface area contributed by atoms with E-state index < -0.39 is 18.0 Å². The van der Waals surface area contributed by atoms with Gasteiger partial charge in [0, 0.05) is 23.3 Å².